The summed E-state index contributed by atoms with van der Waals surface area (Å²) < 4.78 is 2.46. The van der Waals surface area contributed by atoms with Crippen molar-refractivity contribution < 1.29 is 0 Å². The smallest absolute Gasteiger partial charge is 0.0482 e. The van der Waals surface area contributed by atoms with Crippen LogP contribution in [0.4, 0.5) is 0 Å². The molecule has 1 aromatic heterocycles. The third-order valence-corrected chi connectivity index (χ3v) is 4.11. The van der Waals surface area contributed by atoms with Gasteiger partial charge in [-0.3, -0.25) is 0 Å². The molecule has 3 rings (SSSR count). The van der Waals surface area contributed by atoms with Crippen LogP contribution in [0.2, 0.25) is 0 Å². The number of para-hydroxylation sites is 1. The van der Waals surface area contributed by atoms with E-state index in [4.69, 9.17) is 0 Å². The van der Waals surface area contributed by atoms with Crippen molar-refractivity contribution in [2.45, 2.75) is 32.7 Å². The first-order valence-corrected chi connectivity index (χ1v) is 7.12. The summed E-state index contributed by atoms with van der Waals surface area (Å²) in [4.78, 5) is 2.61. The van der Waals surface area contributed by atoms with Gasteiger partial charge in [0.25, 0.3) is 0 Å². The quantitative estimate of drug-likeness (QED) is 0.800. The Morgan fingerprint density at radius 3 is 2.61 bits per heavy atom. The minimum atomic E-state index is 1.12. The second-order valence-electron chi connectivity index (χ2n) is 5.40. The number of likely N-dealkylation sites (tertiary alicyclic amines) is 1. The lowest BCUT2D eigenvalue weighted by Crippen LogP contribution is -2.32. The first-order valence-electron chi connectivity index (χ1n) is 7.12. The Bertz CT molecular complexity index is 521. The van der Waals surface area contributed by atoms with E-state index in [2.05, 4.69) is 46.7 Å². The predicted octanol–water partition coefficient (Wildman–Crippen LogP) is 3.44. The fraction of sp³-hybridized carbons (Fsp3) is 0.500. The summed E-state index contributed by atoms with van der Waals surface area (Å²) in [6.07, 6.45) is 4.18. The number of fused-ring (bicyclic) bond motifs is 1. The van der Waals surface area contributed by atoms with E-state index in [9.17, 15) is 0 Å². The minimum Gasteiger partial charge on any atom is -0.344 e. The molecule has 0 radical (unpaired) electrons. The summed E-state index contributed by atoms with van der Waals surface area (Å²) in [5.41, 5.74) is 2.76. The molecule has 0 amide bonds. The highest BCUT2D eigenvalue weighted by atomic mass is 15.1. The number of aryl methyl sites for hydroxylation is 1. The zero-order chi connectivity index (χ0) is 12.4. The number of hydrogen-bond donors (Lipinski definition) is 0. The fourth-order valence-corrected chi connectivity index (χ4v) is 3.07. The van der Waals surface area contributed by atoms with Gasteiger partial charge in [0, 0.05) is 24.3 Å². The minimum absolute atomic E-state index is 1.12. The van der Waals surface area contributed by atoms with Crippen LogP contribution in [0.3, 0.4) is 0 Å². The molecule has 1 aliphatic heterocycles. The van der Waals surface area contributed by atoms with Crippen LogP contribution < -0.4 is 0 Å². The molecular weight excluding hydrogens is 220 g/mol. The van der Waals surface area contributed by atoms with E-state index in [0.29, 0.717) is 0 Å². The summed E-state index contributed by atoms with van der Waals surface area (Å²) in [5, 5.41) is 1.37. The molecule has 0 spiro atoms. The molecule has 2 heteroatoms. The Morgan fingerprint density at radius 2 is 1.78 bits per heavy atom. The highest BCUT2D eigenvalue weighted by Gasteiger charge is 2.11. The van der Waals surface area contributed by atoms with Crippen LogP contribution in [0.5, 0.6) is 0 Å². The lowest BCUT2D eigenvalue weighted by molar-refractivity contribution is 0.221. The molecule has 2 heterocycles. The molecule has 2 aromatic rings. The van der Waals surface area contributed by atoms with E-state index >= 15 is 0 Å². The van der Waals surface area contributed by atoms with Gasteiger partial charge < -0.3 is 9.47 Å². The summed E-state index contributed by atoms with van der Waals surface area (Å²) in [7, 11) is 0. The van der Waals surface area contributed by atoms with Crippen molar-refractivity contribution in [3.8, 4) is 0 Å². The Hall–Kier alpha value is -1.28. The van der Waals surface area contributed by atoms with Crippen LogP contribution in [-0.4, -0.2) is 29.1 Å². The van der Waals surface area contributed by atoms with Crippen molar-refractivity contribution in [1.29, 1.82) is 0 Å². The SMILES string of the molecule is Cc1cc2ccccc2n1CCN1CCCCC1. The Morgan fingerprint density at radius 1 is 1.00 bits per heavy atom. The predicted molar refractivity (Wildman–Crippen MR) is 77.0 cm³/mol. The van der Waals surface area contributed by atoms with Gasteiger partial charge in [0.05, 0.1) is 0 Å². The Balaban J connectivity index is 1.75. The summed E-state index contributed by atoms with van der Waals surface area (Å²) in [6, 6.07) is 11.0. The third-order valence-electron chi connectivity index (χ3n) is 4.11. The van der Waals surface area contributed by atoms with Gasteiger partial charge in [-0.2, -0.15) is 0 Å². The van der Waals surface area contributed by atoms with Gasteiger partial charge in [-0.25, -0.2) is 0 Å². The molecule has 18 heavy (non-hydrogen) atoms. The van der Waals surface area contributed by atoms with Crippen molar-refractivity contribution in [2.24, 2.45) is 0 Å². The molecule has 0 atom stereocenters. The van der Waals surface area contributed by atoms with Gasteiger partial charge in [-0.1, -0.05) is 24.6 Å². The number of hydrogen-bond acceptors (Lipinski definition) is 1. The van der Waals surface area contributed by atoms with Crippen LogP contribution in [-0.2, 0) is 6.54 Å². The molecule has 0 unspecified atom stereocenters. The highest BCUT2D eigenvalue weighted by molar-refractivity contribution is 5.81. The number of rotatable bonds is 3. The van der Waals surface area contributed by atoms with Crippen LogP contribution in [0.25, 0.3) is 10.9 Å². The molecule has 0 N–H and O–H groups in total. The summed E-state index contributed by atoms with van der Waals surface area (Å²) in [5.74, 6) is 0. The highest BCUT2D eigenvalue weighted by Crippen LogP contribution is 2.19. The van der Waals surface area contributed by atoms with Gasteiger partial charge in [-0.15, -0.1) is 0 Å². The number of benzene rings is 1. The van der Waals surface area contributed by atoms with Crippen molar-refractivity contribution in [3.05, 3.63) is 36.0 Å². The average molecular weight is 242 g/mol. The maximum Gasteiger partial charge on any atom is 0.0482 e. The Labute approximate surface area is 109 Å². The number of aromatic nitrogens is 1. The summed E-state index contributed by atoms with van der Waals surface area (Å²) >= 11 is 0. The maximum absolute atomic E-state index is 2.61. The molecule has 0 saturated carbocycles. The molecular formula is C16H22N2. The standard InChI is InChI=1S/C16H22N2/c1-14-13-15-7-3-4-8-16(15)18(14)12-11-17-9-5-2-6-10-17/h3-4,7-8,13H,2,5-6,9-12H2,1H3. The van der Waals surface area contributed by atoms with Crippen molar-refractivity contribution in [2.75, 3.05) is 19.6 Å². The van der Waals surface area contributed by atoms with E-state index in [1.54, 1.807) is 0 Å². The largest absolute Gasteiger partial charge is 0.344 e. The van der Waals surface area contributed by atoms with E-state index < -0.39 is 0 Å². The fourth-order valence-electron chi connectivity index (χ4n) is 3.07. The van der Waals surface area contributed by atoms with Gasteiger partial charge >= 0.3 is 0 Å². The first-order chi connectivity index (χ1) is 8.84. The normalized spacial score (nSPS) is 17.4. The topological polar surface area (TPSA) is 8.17 Å². The van der Waals surface area contributed by atoms with Crippen LogP contribution in [0, 0.1) is 6.92 Å². The van der Waals surface area contributed by atoms with Gasteiger partial charge in [-0.05, 0) is 50.4 Å². The molecule has 0 bridgehead atoms. The lowest BCUT2D eigenvalue weighted by Gasteiger charge is -2.26. The molecule has 96 valence electrons. The van der Waals surface area contributed by atoms with E-state index in [0.717, 1.165) is 6.54 Å². The van der Waals surface area contributed by atoms with Crippen molar-refractivity contribution in [3.63, 3.8) is 0 Å². The van der Waals surface area contributed by atoms with Gasteiger partial charge in [0.1, 0.15) is 0 Å². The second-order valence-corrected chi connectivity index (χ2v) is 5.40. The molecule has 1 saturated heterocycles. The molecule has 2 nitrogen and oxygen atoms in total. The Kier molecular flexibility index (Phi) is 3.37. The molecule has 0 aliphatic carbocycles. The van der Waals surface area contributed by atoms with Crippen LogP contribution in [0.1, 0.15) is 25.0 Å². The zero-order valence-corrected chi connectivity index (χ0v) is 11.2. The second kappa shape index (κ2) is 5.15. The zero-order valence-electron chi connectivity index (χ0n) is 11.2. The average Bonchev–Trinajstić information content (AvgIpc) is 2.73. The van der Waals surface area contributed by atoms with Crippen LogP contribution >= 0.6 is 0 Å². The van der Waals surface area contributed by atoms with Crippen molar-refractivity contribution in [1.82, 2.24) is 9.47 Å². The monoisotopic (exact) mass is 242 g/mol. The molecule has 1 aliphatic rings. The maximum atomic E-state index is 2.61. The van der Waals surface area contributed by atoms with Gasteiger partial charge in [0.2, 0.25) is 0 Å². The van der Waals surface area contributed by atoms with Crippen LogP contribution in [0.15, 0.2) is 30.3 Å². The molecule has 1 aromatic carbocycles. The van der Waals surface area contributed by atoms with Crippen molar-refractivity contribution >= 4 is 10.9 Å². The molecule has 1 fully saturated rings. The van der Waals surface area contributed by atoms with E-state index in [-0.39, 0.29) is 0 Å². The lowest BCUT2D eigenvalue weighted by atomic mass is 10.1. The van der Waals surface area contributed by atoms with Gasteiger partial charge in [0.15, 0.2) is 0 Å². The first kappa shape index (κ1) is 11.8. The number of piperidine rings is 1. The van der Waals surface area contributed by atoms with E-state index in [1.165, 1.54) is 55.5 Å². The van der Waals surface area contributed by atoms with E-state index in [1.807, 2.05) is 0 Å². The number of nitrogens with zero attached hydrogens (tertiary/aromatic N) is 2. The third kappa shape index (κ3) is 2.30. The summed E-state index contributed by atoms with van der Waals surface area (Å²) in [6.45, 7) is 7.12.